The number of carbonyl (C=O) groups excluding carboxylic acids is 1. The molecule has 0 aliphatic heterocycles. The number of hydrogen-bond donors (Lipinski definition) is 2. The molecule has 21 heavy (non-hydrogen) atoms. The van der Waals surface area contributed by atoms with Crippen LogP contribution in [0.15, 0.2) is 36.8 Å². The molecule has 2 rings (SSSR count). The first-order valence-corrected chi connectivity index (χ1v) is 6.72. The molecule has 6 nitrogen and oxygen atoms in total. The number of carboxylic acids is 1. The van der Waals surface area contributed by atoms with Crippen LogP contribution in [0.2, 0.25) is 0 Å². The highest BCUT2D eigenvalue weighted by Gasteiger charge is 2.07. The molecule has 0 saturated carbocycles. The molecule has 2 aromatic rings. The summed E-state index contributed by atoms with van der Waals surface area (Å²) in [6, 6.07) is 7.47. The number of aromatic carboxylic acids is 1. The number of benzene rings is 1. The predicted octanol–water partition coefficient (Wildman–Crippen LogP) is 1.57. The number of amides is 1. The van der Waals surface area contributed by atoms with Crippen molar-refractivity contribution in [2.75, 3.05) is 6.54 Å². The molecule has 6 heteroatoms. The zero-order valence-corrected chi connectivity index (χ0v) is 11.7. The Morgan fingerprint density at radius 2 is 2.00 bits per heavy atom. The lowest BCUT2D eigenvalue weighted by Gasteiger charge is -2.06. The van der Waals surface area contributed by atoms with Crippen molar-refractivity contribution >= 4 is 11.9 Å². The first kappa shape index (κ1) is 14.8. The lowest BCUT2D eigenvalue weighted by molar-refractivity contribution is 0.0690. The summed E-state index contributed by atoms with van der Waals surface area (Å²) in [5, 5.41) is 11.5. The van der Waals surface area contributed by atoms with Gasteiger partial charge < -0.3 is 15.0 Å². The Balaban J connectivity index is 1.84. The number of aromatic nitrogens is 2. The van der Waals surface area contributed by atoms with Gasteiger partial charge in [-0.15, -0.1) is 0 Å². The maximum absolute atomic E-state index is 11.9. The van der Waals surface area contributed by atoms with Crippen LogP contribution in [0.25, 0.3) is 0 Å². The second kappa shape index (κ2) is 6.69. The van der Waals surface area contributed by atoms with Crippen molar-refractivity contribution < 1.29 is 14.7 Å². The molecular formula is C15H17N3O3. The molecule has 1 amide bonds. The maximum Gasteiger partial charge on any atom is 0.356 e. The minimum Gasteiger partial charge on any atom is -0.476 e. The second-order valence-electron chi connectivity index (χ2n) is 4.61. The molecular weight excluding hydrogens is 270 g/mol. The molecule has 0 aliphatic carbocycles. The number of aryl methyl sites for hydroxylation is 1. The van der Waals surface area contributed by atoms with Crippen molar-refractivity contribution in [3.8, 4) is 0 Å². The summed E-state index contributed by atoms with van der Waals surface area (Å²) in [6.07, 6.45) is 3.81. The smallest absolute Gasteiger partial charge is 0.356 e. The molecule has 0 bridgehead atoms. The molecule has 0 saturated heterocycles. The lowest BCUT2D eigenvalue weighted by Crippen LogP contribution is -2.26. The van der Waals surface area contributed by atoms with Crippen LogP contribution in [0, 0.1) is 0 Å². The van der Waals surface area contributed by atoms with E-state index in [1.165, 1.54) is 18.1 Å². The number of rotatable bonds is 6. The van der Waals surface area contributed by atoms with Crippen LogP contribution in [-0.4, -0.2) is 33.1 Å². The molecule has 0 aliphatic rings. The van der Waals surface area contributed by atoms with Crippen LogP contribution in [0.4, 0.5) is 0 Å². The fraction of sp³-hybridized carbons (Fsp3) is 0.267. The molecule has 0 spiro atoms. The largest absolute Gasteiger partial charge is 0.476 e. The molecule has 0 atom stereocenters. The van der Waals surface area contributed by atoms with Crippen molar-refractivity contribution in [3.63, 3.8) is 0 Å². The van der Waals surface area contributed by atoms with E-state index in [9.17, 15) is 9.59 Å². The minimum absolute atomic E-state index is 0.00326. The van der Waals surface area contributed by atoms with Crippen LogP contribution in [0.5, 0.6) is 0 Å². The predicted molar refractivity (Wildman–Crippen MR) is 77.3 cm³/mol. The summed E-state index contributed by atoms with van der Waals surface area (Å²) in [6.45, 7) is 2.94. The van der Waals surface area contributed by atoms with E-state index in [0.29, 0.717) is 18.7 Å². The van der Waals surface area contributed by atoms with Gasteiger partial charge in [-0.2, -0.15) is 0 Å². The van der Waals surface area contributed by atoms with E-state index in [1.807, 2.05) is 12.1 Å². The first-order chi connectivity index (χ1) is 10.1. The second-order valence-corrected chi connectivity index (χ2v) is 4.61. The van der Waals surface area contributed by atoms with Crippen LogP contribution in [-0.2, 0) is 13.0 Å². The van der Waals surface area contributed by atoms with E-state index in [-0.39, 0.29) is 11.6 Å². The fourth-order valence-electron chi connectivity index (χ4n) is 1.89. The summed E-state index contributed by atoms with van der Waals surface area (Å²) in [4.78, 5) is 26.3. The van der Waals surface area contributed by atoms with Crippen molar-refractivity contribution in [2.24, 2.45) is 0 Å². The average Bonchev–Trinajstić information content (AvgIpc) is 2.96. The Hall–Kier alpha value is -2.63. The monoisotopic (exact) mass is 287 g/mol. The number of imidazole rings is 1. The van der Waals surface area contributed by atoms with Gasteiger partial charge in [0.15, 0.2) is 5.69 Å². The van der Waals surface area contributed by atoms with E-state index >= 15 is 0 Å². The van der Waals surface area contributed by atoms with Gasteiger partial charge in [0.05, 0.1) is 6.33 Å². The Morgan fingerprint density at radius 1 is 1.29 bits per heavy atom. The van der Waals surface area contributed by atoms with Gasteiger partial charge in [0.25, 0.3) is 5.91 Å². The van der Waals surface area contributed by atoms with Gasteiger partial charge in [-0.05, 0) is 24.1 Å². The first-order valence-electron chi connectivity index (χ1n) is 6.72. The molecule has 110 valence electrons. The van der Waals surface area contributed by atoms with Gasteiger partial charge in [0.2, 0.25) is 0 Å². The molecule has 0 fully saturated rings. The fourth-order valence-corrected chi connectivity index (χ4v) is 1.89. The van der Waals surface area contributed by atoms with E-state index in [0.717, 1.165) is 6.42 Å². The van der Waals surface area contributed by atoms with Crippen LogP contribution >= 0.6 is 0 Å². The molecule has 2 N–H and O–H groups in total. The van der Waals surface area contributed by atoms with E-state index in [4.69, 9.17) is 5.11 Å². The van der Waals surface area contributed by atoms with E-state index < -0.39 is 5.97 Å². The maximum atomic E-state index is 11.9. The molecule has 1 aromatic heterocycles. The standard InChI is InChI=1S/C15H17N3O3/c1-2-11-3-5-12(6-4-11)14(19)16-7-8-18-9-13(15(20)21)17-10-18/h3-6,9-10H,2,7-8H2,1H3,(H,16,19)(H,20,21). The molecule has 0 radical (unpaired) electrons. The zero-order chi connectivity index (χ0) is 15.2. The normalized spacial score (nSPS) is 10.3. The Bertz CT molecular complexity index is 632. The average molecular weight is 287 g/mol. The third kappa shape index (κ3) is 3.92. The van der Waals surface area contributed by atoms with Gasteiger partial charge in [-0.25, -0.2) is 9.78 Å². The number of nitrogens with zero attached hydrogens (tertiary/aromatic N) is 2. The summed E-state index contributed by atoms with van der Waals surface area (Å²) in [7, 11) is 0. The number of hydrogen-bond acceptors (Lipinski definition) is 3. The van der Waals surface area contributed by atoms with Gasteiger partial charge >= 0.3 is 5.97 Å². The SMILES string of the molecule is CCc1ccc(C(=O)NCCn2cnc(C(=O)O)c2)cc1. The third-order valence-electron chi connectivity index (χ3n) is 3.13. The molecule has 1 heterocycles. The van der Waals surface area contributed by atoms with Crippen molar-refractivity contribution in [1.29, 1.82) is 0 Å². The number of nitrogens with one attached hydrogen (secondary N) is 1. The van der Waals surface area contributed by atoms with Crippen LogP contribution in [0.1, 0.15) is 33.3 Å². The minimum atomic E-state index is -1.06. The molecule has 0 unspecified atom stereocenters. The van der Waals surface area contributed by atoms with Gasteiger partial charge in [-0.1, -0.05) is 19.1 Å². The quantitative estimate of drug-likeness (QED) is 0.844. The third-order valence-corrected chi connectivity index (χ3v) is 3.13. The summed E-state index contributed by atoms with van der Waals surface area (Å²) in [5.41, 5.74) is 1.80. The highest BCUT2D eigenvalue weighted by molar-refractivity contribution is 5.94. The van der Waals surface area contributed by atoms with Crippen molar-refractivity contribution in [3.05, 3.63) is 53.6 Å². The highest BCUT2D eigenvalue weighted by Crippen LogP contribution is 2.04. The van der Waals surface area contributed by atoms with Crippen molar-refractivity contribution in [2.45, 2.75) is 19.9 Å². The van der Waals surface area contributed by atoms with Crippen LogP contribution in [0.3, 0.4) is 0 Å². The summed E-state index contributed by atoms with van der Waals surface area (Å²) in [5.74, 6) is -1.20. The Kier molecular flexibility index (Phi) is 4.71. The Morgan fingerprint density at radius 3 is 2.57 bits per heavy atom. The molecule has 1 aromatic carbocycles. The zero-order valence-electron chi connectivity index (χ0n) is 11.7. The summed E-state index contributed by atoms with van der Waals surface area (Å²) >= 11 is 0. The van der Waals surface area contributed by atoms with Gasteiger partial charge in [-0.3, -0.25) is 4.79 Å². The van der Waals surface area contributed by atoms with Crippen molar-refractivity contribution in [1.82, 2.24) is 14.9 Å². The van der Waals surface area contributed by atoms with E-state index in [2.05, 4.69) is 17.2 Å². The highest BCUT2D eigenvalue weighted by atomic mass is 16.4. The number of carboxylic acid groups (broad SMARTS) is 1. The van der Waals surface area contributed by atoms with Crippen LogP contribution < -0.4 is 5.32 Å². The van der Waals surface area contributed by atoms with Gasteiger partial charge in [0, 0.05) is 24.8 Å². The Labute approximate surface area is 122 Å². The topological polar surface area (TPSA) is 84.2 Å². The van der Waals surface area contributed by atoms with Gasteiger partial charge in [0.1, 0.15) is 0 Å². The lowest BCUT2D eigenvalue weighted by atomic mass is 10.1. The summed E-state index contributed by atoms with van der Waals surface area (Å²) < 4.78 is 1.63. The number of carbonyl (C=O) groups is 2. The van der Waals surface area contributed by atoms with E-state index in [1.54, 1.807) is 16.7 Å².